The molecule has 2 atom stereocenters. The summed E-state index contributed by atoms with van der Waals surface area (Å²) >= 11 is 0. The molecule has 2 amide bonds. The summed E-state index contributed by atoms with van der Waals surface area (Å²) in [5, 5.41) is 13.4. The largest absolute Gasteiger partial charge is 0.489 e. The smallest absolute Gasteiger partial charge is 0.408 e. The number of aromatic nitrogens is 4. The minimum Gasteiger partial charge on any atom is -0.489 e. The Balaban J connectivity index is 1.32. The monoisotopic (exact) mass is 620 g/mol. The molecule has 4 aromatic rings. The van der Waals surface area contributed by atoms with Crippen molar-refractivity contribution in [1.29, 1.82) is 0 Å². The summed E-state index contributed by atoms with van der Waals surface area (Å²) in [4.78, 5) is 37.2. The number of para-hydroxylation sites is 1. The van der Waals surface area contributed by atoms with Gasteiger partial charge >= 0.3 is 6.09 Å². The molecule has 11 nitrogen and oxygen atoms in total. The van der Waals surface area contributed by atoms with Crippen LogP contribution in [-0.4, -0.2) is 85.2 Å². The van der Waals surface area contributed by atoms with E-state index < -0.39 is 30.5 Å². The first kappa shape index (κ1) is 30.8. The Hall–Kier alpha value is -4.19. The van der Waals surface area contributed by atoms with Crippen LogP contribution in [0.15, 0.2) is 30.3 Å². The second kappa shape index (κ2) is 12.0. The second-order valence-corrected chi connectivity index (χ2v) is 13.3. The van der Waals surface area contributed by atoms with Gasteiger partial charge in [0.1, 0.15) is 30.1 Å². The lowest BCUT2D eigenvalue weighted by Gasteiger charge is -2.31. The van der Waals surface area contributed by atoms with Gasteiger partial charge in [-0.1, -0.05) is 12.1 Å². The van der Waals surface area contributed by atoms with E-state index in [0.717, 1.165) is 29.0 Å². The third-order valence-electron chi connectivity index (χ3n) is 8.14. The molecule has 0 saturated heterocycles. The van der Waals surface area contributed by atoms with Crippen LogP contribution in [0.25, 0.3) is 33.6 Å². The number of imidazole rings is 1. The van der Waals surface area contributed by atoms with Gasteiger partial charge in [-0.3, -0.25) is 4.79 Å². The van der Waals surface area contributed by atoms with Crippen LogP contribution in [0.1, 0.15) is 56.6 Å². The van der Waals surface area contributed by atoms with Crippen LogP contribution >= 0.6 is 0 Å². The van der Waals surface area contributed by atoms with E-state index in [1.807, 2.05) is 29.8 Å². The highest BCUT2D eigenvalue weighted by molar-refractivity contribution is 5.99. The number of alkyl carbamates (subject to hydrolysis) is 1. The number of alkyl halides is 1. The number of nitrogens with zero attached hydrogens (tertiary/aromatic N) is 5. The van der Waals surface area contributed by atoms with Crippen molar-refractivity contribution in [3.63, 3.8) is 0 Å². The van der Waals surface area contributed by atoms with Crippen molar-refractivity contribution in [2.75, 3.05) is 26.4 Å². The molecule has 4 heterocycles. The molecule has 12 heteroatoms. The average molecular weight is 621 g/mol. The maximum absolute atomic E-state index is 13.9. The van der Waals surface area contributed by atoms with Crippen LogP contribution in [0.5, 0.6) is 5.75 Å². The van der Waals surface area contributed by atoms with Crippen molar-refractivity contribution in [2.45, 2.75) is 71.2 Å². The number of amides is 2. The van der Waals surface area contributed by atoms with Gasteiger partial charge in [-0.2, -0.15) is 0 Å². The summed E-state index contributed by atoms with van der Waals surface area (Å²) in [5.74, 6) is 1.74. The quantitative estimate of drug-likeness (QED) is 0.265. The Kier molecular flexibility index (Phi) is 8.19. The molecule has 0 radical (unpaired) electrons. The van der Waals surface area contributed by atoms with Crippen LogP contribution in [0, 0.1) is 5.92 Å². The van der Waals surface area contributed by atoms with Crippen LogP contribution in [0.2, 0.25) is 0 Å². The van der Waals surface area contributed by atoms with E-state index in [1.54, 1.807) is 38.7 Å². The molecular weight excluding hydrogens is 579 g/mol. The van der Waals surface area contributed by atoms with E-state index in [2.05, 4.69) is 16.0 Å². The second-order valence-electron chi connectivity index (χ2n) is 13.3. The highest BCUT2D eigenvalue weighted by Crippen LogP contribution is 2.39. The first-order valence-corrected chi connectivity index (χ1v) is 15.6. The van der Waals surface area contributed by atoms with Crippen LogP contribution < -0.4 is 10.1 Å². The number of halogens is 1. The van der Waals surface area contributed by atoms with Gasteiger partial charge in [0.05, 0.1) is 34.6 Å². The number of benzene rings is 1. The number of hydrogen-bond donors (Lipinski definition) is 2. The summed E-state index contributed by atoms with van der Waals surface area (Å²) < 4.78 is 29.4. The van der Waals surface area contributed by atoms with Gasteiger partial charge in [0, 0.05) is 38.5 Å². The van der Waals surface area contributed by atoms with E-state index in [1.165, 1.54) is 12.8 Å². The number of pyridine rings is 1. The van der Waals surface area contributed by atoms with Crippen molar-refractivity contribution in [3.05, 3.63) is 41.6 Å². The number of hydrogen-bond acceptors (Lipinski definition) is 7. The van der Waals surface area contributed by atoms with E-state index in [0.29, 0.717) is 47.1 Å². The minimum atomic E-state index is -0.897. The number of carbonyl (C=O) groups is 2. The molecule has 2 N–H and O–H groups in total. The lowest BCUT2D eigenvalue weighted by atomic mass is 10.0. The zero-order chi connectivity index (χ0) is 32.0. The fraction of sp³-hybridized carbons (Fsp3) is 0.515. The number of aliphatic hydroxyl groups is 1. The lowest BCUT2D eigenvalue weighted by molar-refractivity contribution is 0.0465. The molecular formula is C33H41FN6O5. The maximum atomic E-state index is 13.9. The average Bonchev–Trinajstić information content (AvgIpc) is 3.65. The van der Waals surface area contributed by atoms with Crippen LogP contribution in [-0.2, 0) is 24.8 Å². The van der Waals surface area contributed by atoms with Gasteiger partial charge < -0.3 is 33.9 Å². The zero-order valence-electron chi connectivity index (χ0n) is 26.5. The number of carbonyl (C=O) groups excluding carboxylic acids is 2. The first-order valence-electron chi connectivity index (χ1n) is 15.6. The Morgan fingerprint density at radius 1 is 1.22 bits per heavy atom. The van der Waals surface area contributed by atoms with Crippen molar-refractivity contribution in [2.24, 2.45) is 13.0 Å². The SMILES string of the molecule is C[C@H](O)COc1cccc2cc(-c3nc4cc5c(nc4n3C)CCN(C[C@@H](CF)NC(=O)OC(C)(C)C)C5=O)n(CC3CC3)c12. The van der Waals surface area contributed by atoms with E-state index in [-0.39, 0.29) is 19.1 Å². The molecule has 0 unspecified atom stereocenters. The number of nitrogens with one attached hydrogen (secondary N) is 1. The molecule has 3 aromatic heterocycles. The number of aliphatic hydroxyl groups excluding tert-OH is 1. The summed E-state index contributed by atoms with van der Waals surface area (Å²) in [6.07, 6.45) is 1.52. The normalized spacial score (nSPS) is 16.6. The topological polar surface area (TPSA) is 124 Å². The molecule has 6 rings (SSSR count). The number of rotatable bonds is 10. The molecule has 0 spiro atoms. The number of aryl methyl sites for hydroxylation is 1. The van der Waals surface area contributed by atoms with Gasteiger partial charge in [0.25, 0.3) is 5.91 Å². The third kappa shape index (κ3) is 6.47. The molecule has 1 aliphatic carbocycles. The van der Waals surface area contributed by atoms with E-state index >= 15 is 0 Å². The van der Waals surface area contributed by atoms with Gasteiger partial charge in [0.15, 0.2) is 11.5 Å². The molecule has 45 heavy (non-hydrogen) atoms. The number of ether oxygens (including phenoxy) is 2. The lowest BCUT2D eigenvalue weighted by Crippen LogP contribution is -2.50. The highest BCUT2D eigenvalue weighted by Gasteiger charge is 2.31. The third-order valence-corrected chi connectivity index (χ3v) is 8.14. The van der Waals surface area contributed by atoms with Crippen LogP contribution in [0.4, 0.5) is 9.18 Å². The van der Waals surface area contributed by atoms with Crippen molar-refractivity contribution in [3.8, 4) is 17.3 Å². The molecule has 1 aliphatic heterocycles. The maximum Gasteiger partial charge on any atom is 0.408 e. The van der Waals surface area contributed by atoms with E-state index in [9.17, 15) is 19.1 Å². The molecule has 0 bridgehead atoms. The van der Waals surface area contributed by atoms with Crippen molar-refractivity contribution in [1.82, 2.24) is 29.3 Å². The Morgan fingerprint density at radius 3 is 2.69 bits per heavy atom. The molecule has 1 aromatic carbocycles. The summed E-state index contributed by atoms with van der Waals surface area (Å²) in [6.45, 7) is 7.44. The minimum absolute atomic E-state index is 0.0141. The summed E-state index contributed by atoms with van der Waals surface area (Å²) in [7, 11) is 1.93. The molecule has 240 valence electrons. The Morgan fingerprint density at radius 2 is 2.00 bits per heavy atom. The van der Waals surface area contributed by atoms with Gasteiger partial charge in [0.2, 0.25) is 0 Å². The molecule has 1 saturated carbocycles. The molecule has 1 fully saturated rings. The van der Waals surface area contributed by atoms with Gasteiger partial charge in [-0.05, 0) is 64.7 Å². The summed E-state index contributed by atoms with van der Waals surface area (Å²) in [5.41, 5.74) is 3.53. The Labute approximate surface area is 261 Å². The molecule has 2 aliphatic rings. The standard InChI is InChI=1S/C33H41FN6O5/c1-19(41)18-44-27-8-6-7-21-13-26(40(28(21)27)16-20-9-10-20)30-37-25-14-23-24(36-29(25)38(30)5)11-12-39(31(23)42)17-22(15-34)35-32(43)45-33(2,3)4/h6-8,13-14,19-20,22,41H,9-12,15-18H2,1-5H3,(H,35,43)/t19-,22+/m0/s1. The van der Waals surface area contributed by atoms with Gasteiger partial charge in [-0.15, -0.1) is 0 Å². The summed E-state index contributed by atoms with van der Waals surface area (Å²) in [6, 6.07) is 8.90. The fourth-order valence-electron chi connectivity index (χ4n) is 5.86. The Bertz CT molecular complexity index is 1750. The number of fused-ring (bicyclic) bond motifs is 3. The van der Waals surface area contributed by atoms with Crippen molar-refractivity contribution < 1.29 is 28.6 Å². The highest BCUT2D eigenvalue weighted by atomic mass is 19.1. The fourth-order valence-corrected chi connectivity index (χ4v) is 5.86. The zero-order valence-corrected chi connectivity index (χ0v) is 26.5. The van der Waals surface area contributed by atoms with E-state index in [4.69, 9.17) is 19.4 Å². The predicted molar refractivity (Wildman–Crippen MR) is 168 cm³/mol. The predicted octanol–water partition coefficient (Wildman–Crippen LogP) is 4.62. The van der Waals surface area contributed by atoms with Crippen molar-refractivity contribution >= 4 is 34.1 Å². The first-order chi connectivity index (χ1) is 21.4. The van der Waals surface area contributed by atoms with Gasteiger partial charge in [-0.25, -0.2) is 19.2 Å². The van der Waals surface area contributed by atoms with Crippen LogP contribution in [0.3, 0.4) is 0 Å².